The van der Waals surface area contributed by atoms with E-state index in [0.29, 0.717) is 33.7 Å². The first-order valence-electron chi connectivity index (χ1n) is 10.7. The van der Waals surface area contributed by atoms with Gasteiger partial charge in [-0.25, -0.2) is 9.37 Å². The molecule has 1 saturated heterocycles. The number of fused-ring (bicyclic) bond motifs is 1. The average Bonchev–Trinajstić information content (AvgIpc) is 3.37. The van der Waals surface area contributed by atoms with Crippen molar-refractivity contribution in [2.24, 2.45) is 0 Å². The predicted octanol–water partition coefficient (Wildman–Crippen LogP) is 6.07. The zero-order chi connectivity index (χ0) is 24.7. The minimum atomic E-state index is -0.909. The molecular formula is C26H18FIN2O4S. The minimum absolute atomic E-state index is 0.0460. The topological polar surface area (TPSA) is 79.7 Å². The molecule has 1 unspecified atom stereocenters. The fourth-order valence-electron chi connectivity index (χ4n) is 4.03. The summed E-state index contributed by atoms with van der Waals surface area (Å²) in [6.45, 7) is 2.29. The van der Waals surface area contributed by atoms with Gasteiger partial charge in [0.15, 0.2) is 5.13 Å². The summed E-state index contributed by atoms with van der Waals surface area (Å²) in [5.41, 5.74) is 1.46. The van der Waals surface area contributed by atoms with Crippen LogP contribution in [0.4, 0.5) is 9.52 Å². The molecule has 3 aromatic carbocycles. The maximum absolute atomic E-state index is 13.8. The highest BCUT2D eigenvalue weighted by atomic mass is 127. The Morgan fingerprint density at radius 2 is 1.91 bits per heavy atom. The first-order valence-corrected chi connectivity index (χ1v) is 12.6. The second-order valence-corrected chi connectivity index (χ2v) is 10.0. The molecule has 1 N–H and O–H groups in total. The molecule has 1 atom stereocenters. The highest BCUT2D eigenvalue weighted by molar-refractivity contribution is 14.1. The average molecular weight is 600 g/mol. The zero-order valence-electron chi connectivity index (χ0n) is 18.4. The zero-order valence-corrected chi connectivity index (χ0v) is 21.3. The van der Waals surface area contributed by atoms with Crippen molar-refractivity contribution in [2.45, 2.75) is 13.0 Å². The number of hydrogen-bond donors (Lipinski definition) is 1. The highest BCUT2D eigenvalue weighted by Gasteiger charge is 2.48. The van der Waals surface area contributed by atoms with Crippen LogP contribution in [-0.2, 0) is 9.59 Å². The van der Waals surface area contributed by atoms with Gasteiger partial charge in [0.25, 0.3) is 5.78 Å². The van der Waals surface area contributed by atoms with Crippen LogP contribution < -0.4 is 9.64 Å². The third-order valence-electron chi connectivity index (χ3n) is 5.59. The summed E-state index contributed by atoms with van der Waals surface area (Å²) >= 11 is 3.28. The number of benzene rings is 3. The lowest BCUT2D eigenvalue weighted by Gasteiger charge is -2.23. The first-order chi connectivity index (χ1) is 16.9. The number of hydrogen-bond acceptors (Lipinski definition) is 6. The molecule has 1 fully saturated rings. The van der Waals surface area contributed by atoms with Crippen LogP contribution in [0.15, 0.2) is 72.3 Å². The van der Waals surface area contributed by atoms with Gasteiger partial charge in [0, 0.05) is 9.13 Å². The number of ether oxygens (including phenoxy) is 1. The number of aliphatic hydroxyl groups is 1. The Morgan fingerprint density at radius 3 is 2.66 bits per heavy atom. The van der Waals surface area contributed by atoms with Gasteiger partial charge in [0.2, 0.25) is 0 Å². The lowest BCUT2D eigenvalue weighted by Crippen LogP contribution is -2.29. The van der Waals surface area contributed by atoms with Crippen LogP contribution in [0.5, 0.6) is 5.75 Å². The normalized spacial score (nSPS) is 17.3. The van der Waals surface area contributed by atoms with E-state index in [1.54, 1.807) is 24.3 Å². The minimum Gasteiger partial charge on any atom is -0.507 e. The molecule has 6 nitrogen and oxygen atoms in total. The summed E-state index contributed by atoms with van der Waals surface area (Å²) < 4.78 is 20.8. The number of nitrogens with zero attached hydrogens (tertiary/aromatic N) is 2. The summed E-state index contributed by atoms with van der Waals surface area (Å²) in [6.07, 6.45) is 0. The molecule has 0 bridgehead atoms. The summed E-state index contributed by atoms with van der Waals surface area (Å²) in [4.78, 5) is 32.4. The highest BCUT2D eigenvalue weighted by Crippen LogP contribution is 2.44. The van der Waals surface area contributed by atoms with Gasteiger partial charge in [-0.3, -0.25) is 14.5 Å². The molecule has 0 saturated carbocycles. The van der Waals surface area contributed by atoms with Gasteiger partial charge in [-0.1, -0.05) is 35.6 Å². The van der Waals surface area contributed by atoms with E-state index in [4.69, 9.17) is 4.74 Å². The number of halogens is 2. The van der Waals surface area contributed by atoms with E-state index in [0.717, 1.165) is 14.9 Å². The number of Topliss-reactive ketones (excluding diaryl/α,β-unsaturated/α-hetero) is 1. The third-order valence-corrected chi connectivity index (χ3v) is 7.33. The van der Waals surface area contributed by atoms with E-state index in [1.165, 1.54) is 23.1 Å². The van der Waals surface area contributed by atoms with E-state index in [-0.39, 0.29) is 16.5 Å². The Labute approximate surface area is 217 Å². The third kappa shape index (κ3) is 4.30. The van der Waals surface area contributed by atoms with Crippen molar-refractivity contribution >= 4 is 66.7 Å². The van der Waals surface area contributed by atoms with Crippen LogP contribution in [0.25, 0.3) is 16.0 Å². The Morgan fingerprint density at radius 1 is 1.14 bits per heavy atom. The molecule has 176 valence electrons. The van der Waals surface area contributed by atoms with Crippen LogP contribution >= 0.6 is 33.9 Å². The Kier molecular flexibility index (Phi) is 6.28. The van der Waals surface area contributed by atoms with Crippen LogP contribution in [0.2, 0.25) is 0 Å². The quantitative estimate of drug-likeness (QED) is 0.130. The van der Waals surface area contributed by atoms with Crippen molar-refractivity contribution in [3.8, 4) is 5.75 Å². The van der Waals surface area contributed by atoms with E-state index in [1.807, 2.05) is 31.2 Å². The van der Waals surface area contributed by atoms with Crippen molar-refractivity contribution in [2.75, 3.05) is 11.5 Å². The number of amides is 1. The predicted molar refractivity (Wildman–Crippen MR) is 141 cm³/mol. The fourth-order valence-corrected chi connectivity index (χ4v) is 5.41. The molecule has 0 radical (unpaired) electrons. The van der Waals surface area contributed by atoms with Gasteiger partial charge in [0.05, 0.1) is 28.4 Å². The molecule has 1 aliphatic rings. The number of carbonyl (C=O) groups excluding carboxylic acids is 2. The lowest BCUT2D eigenvalue weighted by molar-refractivity contribution is -0.132. The smallest absolute Gasteiger partial charge is 0.301 e. The van der Waals surface area contributed by atoms with Crippen molar-refractivity contribution in [1.82, 2.24) is 4.98 Å². The number of ketones is 1. The molecule has 2 heterocycles. The second kappa shape index (κ2) is 9.38. The van der Waals surface area contributed by atoms with Gasteiger partial charge >= 0.3 is 5.91 Å². The second-order valence-electron chi connectivity index (χ2n) is 7.79. The maximum atomic E-state index is 13.8. The van der Waals surface area contributed by atoms with Gasteiger partial charge in [0.1, 0.15) is 17.3 Å². The van der Waals surface area contributed by atoms with Crippen molar-refractivity contribution in [1.29, 1.82) is 0 Å². The first kappa shape index (κ1) is 23.4. The Balaban J connectivity index is 1.71. The molecule has 0 spiro atoms. The molecular weight excluding hydrogens is 582 g/mol. The molecule has 9 heteroatoms. The van der Waals surface area contributed by atoms with Gasteiger partial charge in [-0.05, 0) is 77.5 Å². The van der Waals surface area contributed by atoms with Gasteiger partial charge in [-0.15, -0.1) is 0 Å². The summed E-state index contributed by atoms with van der Waals surface area (Å²) in [7, 11) is 0. The van der Waals surface area contributed by atoms with Gasteiger partial charge < -0.3 is 9.84 Å². The number of carbonyl (C=O) groups is 2. The summed E-state index contributed by atoms with van der Waals surface area (Å²) in [5, 5.41) is 11.5. The number of aliphatic hydroxyl groups excluding tert-OH is 1. The molecule has 1 amide bonds. The van der Waals surface area contributed by atoms with Crippen LogP contribution in [0.1, 0.15) is 24.1 Å². The monoisotopic (exact) mass is 600 g/mol. The summed E-state index contributed by atoms with van der Waals surface area (Å²) in [5.74, 6) is -1.82. The van der Waals surface area contributed by atoms with Crippen molar-refractivity contribution < 1.29 is 23.8 Å². The molecule has 1 aromatic heterocycles. The lowest BCUT2D eigenvalue weighted by atomic mass is 9.95. The van der Waals surface area contributed by atoms with Crippen molar-refractivity contribution in [3.05, 3.63) is 92.8 Å². The van der Waals surface area contributed by atoms with Gasteiger partial charge in [-0.2, -0.15) is 0 Å². The standard InChI is InChI=1S/C26H18FIN2O4S/c1-2-34-18-5-3-4-15(12-18)23(31)21-22(14-6-9-17(28)10-7-14)30(25(33)24(21)32)26-29-19-11-8-16(27)13-20(19)35-26/h3-13,22,31H,2H2,1H3/b23-21+. The summed E-state index contributed by atoms with van der Waals surface area (Å²) in [6, 6.07) is 17.3. The van der Waals surface area contributed by atoms with E-state index >= 15 is 0 Å². The molecule has 5 rings (SSSR count). The van der Waals surface area contributed by atoms with E-state index in [2.05, 4.69) is 27.6 Å². The molecule has 1 aliphatic heterocycles. The van der Waals surface area contributed by atoms with E-state index < -0.39 is 23.5 Å². The Bertz CT molecular complexity index is 1500. The fraction of sp³-hybridized carbons (Fsp3) is 0.115. The molecule has 0 aliphatic carbocycles. The number of aromatic nitrogens is 1. The number of rotatable bonds is 5. The van der Waals surface area contributed by atoms with E-state index in [9.17, 15) is 19.1 Å². The SMILES string of the molecule is CCOc1cccc(/C(O)=C2\C(=O)C(=O)N(c3nc4ccc(F)cc4s3)C2c2ccc(I)cc2)c1. The number of anilines is 1. The van der Waals surface area contributed by atoms with Crippen LogP contribution in [-0.4, -0.2) is 28.4 Å². The molecule has 4 aromatic rings. The molecule has 35 heavy (non-hydrogen) atoms. The van der Waals surface area contributed by atoms with Crippen LogP contribution in [0.3, 0.4) is 0 Å². The Hall–Kier alpha value is -3.31. The largest absolute Gasteiger partial charge is 0.507 e. The number of thiazole rings is 1. The van der Waals surface area contributed by atoms with Crippen LogP contribution in [0, 0.1) is 9.39 Å². The van der Waals surface area contributed by atoms with Crippen molar-refractivity contribution in [3.63, 3.8) is 0 Å². The maximum Gasteiger partial charge on any atom is 0.301 e.